The first kappa shape index (κ1) is 6.75. The molecule has 0 amide bonds. The molecule has 1 rings (SSSR count). The van der Waals surface area contributed by atoms with E-state index in [-0.39, 0.29) is 5.78 Å². The Labute approximate surface area is 55.4 Å². The van der Waals surface area contributed by atoms with E-state index in [2.05, 4.69) is 0 Å². The van der Waals surface area contributed by atoms with Crippen molar-refractivity contribution in [3.63, 3.8) is 0 Å². The summed E-state index contributed by atoms with van der Waals surface area (Å²) >= 11 is 0. The van der Waals surface area contributed by atoms with Crippen LogP contribution in [-0.4, -0.2) is 11.3 Å². The van der Waals surface area contributed by atoms with Gasteiger partial charge in [-0.05, 0) is 32.6 Å². The van der Waals surface area contributed by atoms with Crippen LogP contribution in [0.15, 0.2) is 0 Å². The Kier molecular flexibility index (Phi) is 1.35. The van der Waals surface area contributed by atoms with Crippen molar-refractivity contribution in [3.8, 4) is 0 Å². The number of rotatable bonds is 2. The first-order valence-electron chi connectivity index (χ1n) is 3.35. The fourth-order valence-electron chi connectivity index (χ4n) is 0.970. The van der Waals surface area contributed by atoms with E-state index in [1.807, 2.05) is 6.92 Å². The van der Waals surface area contributed by atoms with Gasteiger partial charge in [-0.3, -0.25) is 4.79 Å². The number of hydrogen-bond acceptors (Lipinski definition) is 2. The third-order valence-corrected chi connectivity index (χ3v) is 2.18. The molecule has 1 fully saturated rings. The number of carbonyl (C=O) groups is 1. The molecule has 1 aliphatic rings. The summed E-state index contributed by atoms with van der Waals surface area (Å²) in [6.45, 7) is 3.39. The van der Waals surface area contributed by atoms with E-state index in [1.54, 1.807) is 6.92 Å². The van der Waals surface area contributed by atoms with Crippen LogP contribution in [0.4, 0.5) is 0 Å². The normalized spacial score (nSPS) is 25.2. The summed E-state index contributed by atoms with van der Waals surface area (Å²) in [7, 11) is 0. The molecule has 0 bridgehead atoms. The van der Waals surface area contributed by atoms with E-state index in [0.717, 1.165) is 12.8 Å². The van der Waals surface area contributed by atoms with Gasteiger partial charge in [0.05, 0.1) is 5.54 Å². The molecule has 1 aliphatic carbocycles. The van der Waals surface area contributed by atoms with Crippen molar-refractivity contribution in [1.82, 2.24) is 0 Å². The van der Waals surface area contributed by atoms with Gasteiger partial charge in [0.25, 0.3) is 0 Å². The molecule has 1 atom stereocenters. The SMILES string of the molecule is CC(=O)C(C)(N)C1CC1. The highest BCUT2D eigenvalue weighted by Gasteiger charge is 2.41. The third kappa shape index (κ3) is 1.13. The molecule has 0 heterocycles. The highest BCUT2D eigenvalue weighted by molar-refractivity contribution is 5.86. The Bertz CT molecular complexity index is 136. The minimum Gasteiger partial charge on any atom is -0.319 e. The van der Waals surface area contributed by atoms with Crippen LogP contribution in [0.25, 0.3) is 0 Å². The first-order chi connectivity index (χ1) is 4.05. The fourth-order valence-corrected chi connectivity index (χ4v) is 0.970. The summed E-state index contributed by atoms with van der Waals surface area (Å²) < 4.78 is 0. The predicted molar refractivity (Wildman–Crippen MR) is 36.0 cm³/mol. The molecule has 2 N–H and O–H groups in total. The van der Waals surface area contributed by atoms with Gasteiger partial charge in [-0.2, -0.15) is 0 Å². The van der Waals surface area contributed by atoms with Crippen molar-refractivity contribution in [2.45, 2.75) is 32.2 Å². The average Bonchev–Trinajstić information content (AvgIpc) is 2.42. The fraction of sp³-hybridized carbons (Fsp3) is 0.857. The molecular formula is C7H13NO. The van der Waals surface area contributed by atoms with Crippen LogP contribution < -0.4 is 5.73 Å². The standard InChI is InChI=1S/C7H13NO/c1-5(9)7(2,8)6-3-4-6/h6H,3-4,8H2,1-2H3. The van der Waals surface area contributed by atoms with E-state index >= 15 is 0 Å². The van der Waals surface area contributed by atoms with Gasteiger partial charge in [0.15, 0.2) is 0 Å². The molecule has 9 heavy (non-hydrogen) atoms. The zero-order chi connectivity index (χ0) is 7.07. The zero-order valence-electron chi connectivity index (χ0n) is 5.98. The highest BCUT2D eigenvalue weighted by atomic mass is 16.1. The maximum Gasteiger partial charge on any atom is 0.149 e. The summed E-state index contributed by atoms with van der Waals surface area (Å²) in [4.78, 5) is 10.8. The lowest BCUT2D eigenvalue weighted by atomic mass is 9.93. The largest absolute Gasteiger partial charge is 0.319 e. The molecule has 0 aliphatic heterocycles. The molecule has 52 valence electrons. The zero-order valence-corrected chi connectivity index (χ0v) is 5.98. The second-order valence-electron chi connectivity index (χ2n) is 3.11. The Morgan fingerprint density at radius 1 is 1.67 bits per heavy atom. The van der Waals surface area contributed by atoms with Crippen LogP contribution in [0.5, 0.6) is 0 Å². The van der Waals surface area contributed by atoms with Crippen LogP contribution in [0.3, 0.4) is 0 Å². The lowest BCUT2D eigenvalue weighted by molar-refractivity contribution is -0.122. The lowest BCUT2D eigenvalue weighted by Crippen LogP contribution is -2.45. The quantitative estimate of drug-likeness (QED) is 0.593. The molecule has 2 nitrogen and oxygen atoms in total. The van der Waals surface area contributed by atoms with E-state index in [1.165, 1.54) is 0 Å². The van der Waals surface area contributed by atoms with Gasteiger partial charge in [-0.1, -0.05) is 0 Å². The van der Waals surface area contributed by atoms with Crippen LogP contribution in [-0.2, 0) is 4.79 Å². The summed E-state index contributed by atoms with van der Waals surface area (Å²) in [5, 5.41) is 0. The number of ketones is 1. The number of Topliss-reactive ketones (excluding diaryl/α,β-unsaturated/α-hetero) is 1. The van der Waals surface area contributed by atoms with Crippen molar-refractivity contribution < 1.29 is 4.79 Å². The van der Waals surface area contributed by atoms with Gasteiger partial charge in [0, 0.05) is 0 Å². The van der Waals surface area contributed by atoms with Crippen molar-refractivity contribution in [1.29, 1.82) is 0 Å². The van der Waals surface area contributed by atoms with Crippen LogP contribution in [0.1, 0.15) is 26.7 Å². The minimum atomic E-state index is -0.528. The Morgan fingerprint density at radius 3 is 2.22 bits per heavy atom. The molecule has 1 saturated carbocycles. The van der Waals surface area contributed by atoms with Gasteiger partial charge in [0.2, 0.25) is 0 Å². The lowest BCUT2D eigenvalue weighted by Gasteiger charge is -2.19. The maximum atomic E-state index is 10.8. The van der Waals surface area contributed by atoms with Gasteiger partial charge in [-0.25, -0.2) is 0 Å². The molecule has 0 saturated heterocycles. The van der Waals surface area contributed by atoms with Gasteiger partial charge in [0.1, 0.15) is 5.78 Å². The van der Waals surface area contributed by atoms with Crippen LogP contribution >= 0.6 is 0 Å². The number of nitrogens with two attached hydrogens (primary N) is 1. The number of carbonyl (C=O) groups excluding carboxylic acids is 1. The molecule has 1 unspecified atom stereocenters. The van der Waals surface area contributed by atoms with Crippen molar-refractivity contribution in [2.75, 3.05) is 0 Å². The molecule has 2 heteroatoms. The molecule has 0 aromatic heterocycles. The molecule has 0 aromatic carbocycles. The smallest absolute Gasteiger partial charge is 0.149 e. The van der Waals surface area contributed by atoms with Crippen LogP contribution in [0.2, 0.25) is 0 Å². The molecule has 0 aromatic rings. The first-order valence-corrected chi connectivity index (χ1v) is 3.35. The topological polar surface area (TPSA) is 43.1 Å². The van der Waals surface area contributed by atoms with E-state index < -0.39 is 5.54 Å². The molecule has 0 spiro atoms. The minimum absolute atomic E-state index is 0.116. The molecular weight excluding hydrogens is 114 g/mol. The van der Waals surface area contributed by atoms with Gasteiger partial charge < -0.3 is 5.73 Å². The van der Waals surface area contributed by atoms with Crippen molar-refractivity contribution in [2.24, 2.45) is 11.7 Å². The maximum absolute atomic E-state index is 10.8. The monoisotopic (exact) mass is 127 g/mol. The van der Waals surface area contributed by atoms with Crippen molar-refractivity contribution >= 4 is 5.78 Å². The summed E-state index contributed by atoms with van der Waals surface area (Å²) in [6, 6.07) is 0. The summed E-state index contributed by atoms with van der Waals surface area (Å²) in [5.74, 6) is 0.583. The second kappa shape index (κ2) is 1.81. The van der Waals surface area contributed by atoms with E-state index in [0.29, 0.717) is 5.92 Å². The molecule has 0 radical (unpaired) electrons. The predicted octanol–water partition coefficient (Wildman–Crippen LogP) is 0.703. The Morgan fingerprint density at radius 2 is 2.11 bits per heavy atom. The third-order valence-electron chi connectivity index (χ3n) is 2.18. The van der Waals surface area contributed by atoms with Crippen molar-refractivity contribution in [3.05, 3.63) is 0 Å². The summed E-state index contributed by atoms with van der Waals surface area (Å²) in [5.41, 5.74) is 5.19. The van der Waals surface area contributed by atoms with Crippen LogP contribution in [0, 0.1) is 5.92 Å². The number of hydrogen-bond donors (Lipinski definition) is 1. The summed E-state index contributed by atoms with van der Waals surface area (Å²) in [6.07, 6.45) is 2.26. The second-order valence-corrected chi connectivity index (χ2v) is 3.11. The van der Waals surface area contributed by atoms with E-state index in [9.17, 15) is 4.79 Å². The Balaban J connectivity index is 2.59. The average molecular weight is 127 g/mol. The van der Waals surface area contributed by atoms with Gasteiger partial charge in [-0.15, -0.1) is 0 Å². The Hall–Kier alpha value is -0.370. The van der Waals surface area contributed by atoms with E-state index in [4.69, 9.17) is 5.73 Å². The van der Waals surface area contributed by atoms with Gasteiger partial charge >= 0.3 is 0 Å². The highest BCUT2D eigenvalue weighted by Crippen LogP contribution is 2.38.